The molecule has 2 aliphatic rings. The number of nitrogens with zero attached hydrogens (tertiary/aromatic N) is 1. The molecule has 1 saturated heterocycles. The van der Waals surface area contributed by atoms with Gasteiger partial charge in [-0.2, -0.15) is 0 Å². The number of thiophene rings is 1. The van der Waals surface area contributed by atoms with Crippen LogP contribution in [0.5, 0.6) is 0 Å². The van der Waals surface area contributed by atoms with Crippen molar-refractivity contribution in [2.75, 3.05) is 19.6 Å². The lowest BCUT2D eigenvalue weighted by Gasteiger charge is -2.43. The number of fused-ring (bicyclic) bond motifs is 3. The topological polar surface area (TPSA) is 15.3 Å². The summed E-state index contributed by atoms with van der Waals surface area (Å²) < 4.78 is 0. The second-order valence-electron chi connectivity index (χ2n) is 4.32. The van der Waals surface area contributed by atoms with E-state index in [1.807, 2.05) is 11.3 Å². The van der Waals surface area contributed by atoms with Crippen LogP contribution < -0.4 is 5.32 Å². The smallest absolute Gasteiger partial charge is 0.0572 e. The maximum Gasteiger partial charge on any atom is 0.0572 e. The van der Waals surface area contributed by atoms with Crippen molar-refractivity contribution in [1.82, 2.24) is 10.2 Å². The van der Waals surface area contributed by atoms with Crippen LogP contribution >= 0.6 is 23.7 Å². The molecule has 0 aromatic carbocycles. The lowest BCUT2D eigenvalue weighted by Crippen LogP contribution is -2.52. The number of halogens is 1. The molecule has 2 unspecified atom stereocenters. The van der Waals surface area contributed by atoms with E-state index in [0.717, 1.165) is 19.1 Å². The van der Waals surface area contributed by atoms with Crippen LogP contribution in [0.4, 0.5) is 0 Å². The molecule has 2 atom stereocenters. The predicted molar refractivity (Wildman–Crippen MR) is 67.0 cm³/mol. The van der Waals surface area contributed by atoms with Crippen molar-refractivity contribution in [3.63, 3.8) is 0 Å². The third-order valence-electron chi connectivity index (χ3n) is 3.45. The van der Waals surface area contributed by atoms with Crippen LogP contribution in [0.1, 0.15) is 23.4 Å². The van der Waals surface area contributed by atoms with Crippen LogP contribution in [0.3, 0.4) is 0 Å². The summed E-state index contributed by atoms with van der Waals surface area (Å²) in [5.41, 5.74) is 1.59. The molecule has 0 aliphatic carbocycles. The Morgan fingerprint density at radius 2 is 2.40 bits per heavy atom. The quantitative estimate of drug-likeness (QED) is 0.752. The molecule has 2 aliphatic heterocycles. The highest BCUT2D eigenvalue weighted by Crippen LogP contribution is 2.36. The van der Waals surface area contributed by atoms with Gasteiger partial charge in [-0.15, -0.1) is 23.7 Å². The van der Waals surface area contributed by atoms with Gasteiger partial charge in [0.2, 0.25) is 0 Å². The summed E-state index contributed by atoms with van der Waals surface area (Å²) in [6.45, 7) is 5.86. The zero-order valence-corrected chi connectivity index (χ0v) is 10.5. The second kappa shape index (κ2) is 4.42. The van der Waals surface area contributed by atoms with E-state index in [-0.39, 0.29) is 12.4 Å². The van der Waals surface area contributed by atoms with Gasteiger partial charge in [0, 0.05) is 30.6 Å². The maximum atomic E-state index is 3.50. The minimum absolute atomic E-state index is 0. The van der Waals surface area contributed by atoms with Gasteiger partial charge in [0.15, 0.2) is 0 Å². The van der Waals surface area contributed by atoms with Gasteiger partial charge >= 0.3 is 0 Å². The van der Waals surface area contributed by atoms with E-state index in [4.69, 9.17) is 0 Å². The zero-order chi connectivity index (χ0) is 9.54. The fourth-order valence-corrected chi connectivity index (χ4v) is 3.79. The monoisotopic (exact) mass is 244 g/mol. The molecule has 3 rings (SSSR count). The normalized spacial score (nSPS) is 30.2. The Labute approximate surface area is 101 Å². The van der Waals surface area contributed by atoms with E-state index in [2.05, 4.69) is 28.6 Å². The minimum atomic E-state index is 0. The lowest BCUT2D eigenvalue weighted by molar-refractivity contribution is 0.104. The Balaban J connectivity index is 0.000000853. The number of hydrogen-bond acceptors (Lipinski definition) is 3. The summed E-state index contributed by atoms with van der Waals surface area (Å²) in [5.74, 6) is 0. The first kappa shape index (κ1) is 11.4. The van der Waals surface area contributed by atoms with Gasteiger partial charge in [0.05, 0.1) is 6.04 Å². The van der Waals surface area contributed by atoms with Crippen molar-refractivity contribution < 1.29 is 0 Å². The van der Waals surface area contributed by atoms with Crippen molar-refractivity contribution in [3.8, 4) is 0 Å². The molecular weight excluding hydrogens is 228 g/mol. The fourth-order valence-electron chi connectivity index (χ4n) is 2.73. The number of piperazine rings is 1. The zero-order valence-electron chi connectivity index (χ0n) is 8.90. The van der Waals surface area contributed by atoms with Crippen LogP contribution in [-0.2, 0) is 6.42 Å². The highest BCUT2D eigenvalue weighted by Gasteiger charge is 2.34. The van der Waals surface area contributed by atoms with Crippen molar-refractivity contribution in [3.05, 3.63) is 21.9 Å². The fraction of sp³-hybridized carbons (Fsp3) is 0.636. The van der Waals surface area contributed by atoms with Crippen LogP contribution in [0.2, 0.25) is 0 Å². The first-order valence-corrected chi connectivity index (χ1v) is 6.27. The summed E-state index contributed by atoms with van der Waals surface area (Å²) in [6.07, 6.45) is 1.25. The molecular formula is C11H17ClN2S. The Bertz CT molecular complexity index is 339. The van der Waals surface area contributed by atoms with Crippen LogP contribution in [0, 0.1) is 0 Å². The first-order valence-electron chi connectivity index (χ1n) is 5.39. The number of hydrogen-bond donors (Lipinski definition) is 1. The Morgan fingerprint density at radius 1 is 1.53 bits per heavy atom. The first-order chi connectivity index (χ1) is 6.86. The van der Waals surface area contributed by atoms with Crippen molar-refractivity contribution in [2.45, 2.75) is 25.4 Å². The molecule has 15 heavy (non-hydrogen) atoms. The number of rotatable bonds is 0. The second-order valence-corrected chi connectivity index (χ2v) is 5.27. The van der Waals surface area contributed by atoms with E-state index >= 15 is 0 Å². The molecule has 1 aromatic rings. The molecule has 1 N–H and O–H groups in total. The summed E-state index contributed by atoms with van der Waals surface area (Å²) in [6, 6.07) is 3.69. The summed E-state index contributed by atoms with van der Waals surface area (Å²) in [4.78, 5) is 4.27. The third kappa shape index (κ3) is 1.82. The molecule has 0 radical (unpaired) electrons. The van der Waals surface area contributed by atoms with E-state index in [1.165, 1.54) is 13.0 Å². The molecule has 0 amide bonds. The largest absolute Gasteiger partial charge is 0.314 e. The van der Waals surface area contributed by atoms with Gasteiger partial charge in [-0.05, 0) is 30.4 Å². The molecule has 0 spiro atoms. The highest BCUT2D eigenvalue weighted by atomic mass is 35.5. The molecule has 0 bridgehead atoms. The Morgan fingerprint density at radius 3 is 3.27 bits per heavy atom. The lowest BCUT2D eigenvalue weighted by atomic mass is 9.94. The molecule has 3 heterocycles. The Hall–Kier alpha value is -0.0900. The SMILES string of the molecule is CC1Cc2ccsc2C2CNCCN12.Cl. The molecule has 1 aromatic heterocycles. The van der Waals surface area contributed by atoms with Gasteiger partial charge in [0.1, 0.15) is 0 Å². The van der Waals surface area contributed by atoms with Gasteiger partial charge in [-0.3, -0.25) is 4.90 Å². The van der Waals surface area contributed by atoms with E-state index < -0.39 is 0 Å². The molecule has 4 heteroatoms. The van der Waals surface area contributed by atoms with Crippen LogP contribution in [0.15, 0.2) is 11.4 Å². The molecule has 1 fully saturated rings. The average molecular weight is 245 g/mol. The summed E-state index contributed by atoms with van der Waals surface area (Å²) >= 11 is 1.93. The van der Waals surface area contributed by atoms with Gasteiger partial charge < -0.3 is 5.32 Å². The summed E-state index contributed by atoms with van der Waals surface area (Å²) in [5, 5.41) is 5.75. The van der Waals surface area contributed by atoms with E-state index in [9.17, 15) is 0 Å². The van der Waals surface area contributed by atoms with Gasteiger partial charge in [-0.25, -0.2) is 0 Å². The van der Waals surface area contributed by atoms with Crippen molar-refractivity contribution in [1.29, 1.82) is 0 Å². The molecule has 2 nitrogen and oxygen atoms in total. The summed E-state index contributed by atoms with van der Waals surface area (Å²) in [7, 11) is 0. The highest BCUT2D eigenvalue weighted by molar-refractivity contribution is 7.10. The standard InChI is InChI=1S/C11H16N2S.ClH/c1-8-6-9-2-5-14-11(9)10-7-12-3-4-13(8)10;/h2,5,8,10,12H,3-4,6-7H2,1H3;1H. The van der Waals surface area contributed by atoms with Crippen molar-refractivity contribution in [2.24, 2.45) is 0 Å². The predicted octanol–water partition coefficient (Wildman–Crippen LogP) is 2.06. The maximum absolute atomic E-state index is 3.50. The third-order valence-corrected chi connectivity index (χ3v) is 4.51. The van der Waals surface area contributed by atoms with Gasteiger partial charge in [0.25, 0.3) is 0 Å². The van der Waals surface area contributed by atoms with Crippen molar-refractivity contribution >= 4 is 23.7 Å². The average Bonchev–Trinajstić information content (AvgIpc) is 2.66. The number of nitrogens with one attached hydrogen (secondary N) is 1. The van der Waals surface area contributed by atoms with E-state index in [0.29, 0.717) is 6.04 Å². The van der Waals surface area contributed by atoms with Crippen LogP contribution in [-0.4, -0.2) is 30.6 Å². The van der Waals surface area contributed by atoms with E-state index in [1.54, 1.807) is 10.4 Å². The van der Waals surface area contributed by atoms with Crippen LogP contribution in [0.25, 0.3) is 0 Å². The molecule has 84 valence electrons. The Kier molecular flexibility index (Phi) is 3.36. The van der Waals surface area contributed by atoms with Gasteiger partial charge in [-0.1, -0.05) is 0 Å². The molecule has 0 saturated carbocycles. The minimum Gasteiger partial charge on any atom is -0.314 e.